The molecule has 0 aromatic heterocycles. The van der Waals surface area contributed by atoms with Gasteiger partial charge in [-0.1, -0.05) is 13.0 Å². The average molecular weight is 265 g/mol. The molecular weight excluding hydrogens is 246 g/mol. The van der Waals surface area contributed by atoms with E-state index in [9.17, 15) is 4.79 Å². The molecule has 1 aromatic carbocycles. The SMILES string of the molecule is CNC(c1ccc2c(c1)NC(=O)CS2)C(C)CN. The van der Waals surface area contributed by atoms with Crippen LogP contribution in [0, 0.1) is 5.92 Å². The van der Waals surface area contributed by atoms with Gasteiger partial charge in [0.1, 0.15) is 0 Å². The largest absolute Gasteiger partial charge is 0.330 e. The van der Waals surface area contributed by atoms with Crippen LogP contribution >= 0.6 is 11.8 Å². The lowest BCUT2D eigenvalue weighted by molar-refractivity contribution is -0.113. The van der Waals surface area contributed by atoms with Crippen molar-refractivity contribution in [1.29, 1.82) is 0 Å². The van der Waals surface area contributed by atoms with E-state index in [1.807, 2.05) is 13.1 Å². The molecule has 2 atom stereocenters. The van der Waals surface area contributed by atoms with Gasteiger partial charge < -0.3 is 16.4 Å². The predicted molar refractivity (Wildman–Crippen MR) is 75.8 cm³/mol. The number of anilines is 1. The summed E-state index contributed by atoms with van der Waals surface area (Å²) in [5.41, 5.74) is 7.81. The Hall–Kier alpha value is -1.04. The molecule has 2 rings (SSSR count). The number of amides is 1. The standard InChI is InChI=1S/C13H19N3OS/c1-8(6-14)13(15-2)9-3-4-11-10(5-9)16-12(17)7-18-11/h3-5,8,13,15H,6-7,14H2,1-2H3,(H,16,17). The summed E-state index contributed by atoms with van der Waals surface area (Å²) in [5, 5.41) is 6.20. The molecule has 1 aliphatic rings. The first-order chi connectivity index (χ1) is 8.65. The second-order valence-corrected chi connectivity index (χ2v) is 5.59. The predicted octanol–water partition coefficient (Wildman–Crippen LogP) is 1.59. The van der Waals surface area contributed by atoms with Gasteiger partial charge in [0.25, 0.3) is 0 Å². The van der Waals surface area contributed by atoms with Crippen LogP contribution in [0.5, 0.6) is 0 Å². The molecule has 0 saturated heterocycles. The molecule has 5 heteroatoms. The van der Waals surface area contributed by atoms with Crippen LogP contribution in [-0.4, -0.2) is 25.3 Å². The van der Waals surface area contributed by atoms with Crippen LogP contribution in [0.4, 0.5) is 5.69 Å². The van der Waals surface area contributed by atoms with Crippen molar-refractivity contribution in [3.05, 3.63) is 23.8 Å². The van der Waals surface area contributed by atoms with Gasteiger partial charge in [0, 0.05) is 10.9 Å². The van der Waals surface area contributed by atoms with Crippen molar-refractivity contribution >= 4 is 23.4 Å². The first-order valence-corrected chi connectivity index (χ1v) is 7.08. The molecule has 1 amide bonds. The van der Waals surface area contributed by atoms with Gasteiger partial charge in [-0.15, -0.1) is 11.8 Å². The van der Waals surface area contributed by atoms with Crippen molar-refractivity contribution < 1.29 is 4.79 Å². The number of carbonyl (C=O) groups excluding carboxylic acids is 1. The van der Waals surface area contributed by atoms with Crippen LogP contribution in [0.2, 0.25) is 0 Å². The van der Waals surface area contributed by atoms with E-state index in [1.165, 1.54) is 0 Å². The van der Waals surface area contributed by atoms with E-state index in [4.69, 9.17) is 5.73 Å². The zero-order valence-corrected chi connectivity index (χ0v) is 11.5. The third kappa shape index (κ3) is 2.68. The van der Waals surface area contributed by atoms with Crippen LogP contribution in [-0.2, 0) is 4.79 Å². The Morgan fingerprint density at radius 1 is 1.56 bits per heavy atom. The summed E-state index contributed by atoms with van der Waals surface area (Å²) in [6.07, 6.45) is 0. The van der Waals surface area contributed by atoms with E-state index in [1.54, 1.807) is 11.8 Å². The fourth-order valence-electron chi connectivity index (χ4n) is 2.21. The fraction of sp³-hybridized carbons (Fsp3) is 0.462. The average Bonchev–Trinajstić information content (AvgIpc) is 2.38. The van der Waals surface area contributed by atoms with E-state index < -0.39 is 0 Å². The molecule has 1 heterocycles. The zero-order chi connectivity index (χ0) is 13.1. The molecule has 0 bridgehead atoms. The van der Waals surface area contributed by atoms with Crippen LogP contribution in [0.1, 0.15) is 18.5 Å². The Morgan fingerprint density at radius 3 is 3.00 bits per heavy atom. The normalized spacial score (nSPS) is 17.8. The van der Waals surface area contributed by atoms with Gasteiger partial charge in [0.15, 0.2) is 0 Å². The van der Waals surface area contributed by atoms with E-state index in [0.717, 1.165) is 16.1 Å². The first-order valence-electron chi connectivity index (χ1n) is 6.09. The summed E-state index contributed by atoms with van der Waals surface area (Å²) in [7, 11) is 1.93. The van der Waals surface area contributed by atoms with Gasteiger partial charge in [-0.05, 0) is 37.2 Å². The molecule has 1 aliphatic heterocycles. The summed E-state index contributed by atoms with van der Waals surface area (Å²) in [4.78, 5) is 12.5. The van der Waals surface area contributed by atoms with Crippen molar-refractivity contribution in [2.24, 2.45) is 11.7 Å². The minimum atomic E-state index is 0.0672. The van der Waals surface area contributed by atoms with Gasteiger partial charge in [-0.2, -0.15) is 0 Å². The van der Waals surface area contributed by atoms with Crippen molar-refractivity contribution in [3.63, 3.8) is 0 Å². The Balaban J connectivity index is 2.29. The molecule has 0 aliphatic carbocycles. The zero-order valence-electron chi connectivity index (χ0n) is 10.7. The van der Waals surface area contributed by atoms with E-state index >= 15 is 0 Å². The number of benzene rings is 1. The highest BCUT2D eigenvalue weighted by molar-refractivity contribution is 8.00. The molecule has 0 fully saturated rings. The van der Waals surface area contributed by atoms with Crippen LogP contribution < -0.4 is 16.4 Å². The number of thioether (sulfide) groups is 1. The van der Waals surface area contributed by atoms with Crippen molar-refractivity contribution in [2.75, 3.05) is 24.7 Å². The molecule has 0 saturated carbocycles. The second kappa shape index (κ2) is 5.73. The minimum absolute atomic E-state index is 0.0672. The Bertz CT molecular complexity index is 450. The molecule has 0 spiro atoms. The number of hydrogen-bond acceptors (Lipinski definition) is 4. The molecule has 2 unspecified atom stereocenters. The Kier molecular flexibility index (Phi) is 4.27. The second-order valence-electron chi connectivity index (χ2n) is 4.57. The van der Waals surface area contributed by atoms with Gasteiger partial charge in [0.05, 0.1) is 11.4 Å². The highest BCUT2D eigenvalue weighted by Crippen LogP contribution is 2.34. The monoisotopic (exact) mass is 265 g/mol. The maximum absolute atomic E-state index is 11.4. The van der Waals surface area contributed by atoms with E-state index in [2.05, 4.69) is 29.7 Å². The number of hydrogen-bond donors (Lipinski definition) is 3. The maximum atomic E-state index is 11.4. The smallest absolute Gasteiger partial charge is 0.234 e. The molecule has 4 nitrogen and oxygen atoms in total. The lowest BCUT2D eigenvalue weighted by Crippen LogP contribution is -2.29. The molecule has 1 aromatic rings. The quantitative estimate of drug-likeness (QED) is 0.773. The lowest BCUT2D eigenvalue weighted by Gasteiger charge is -2.25. The number of nitrogens with one attached hydrogen (secondary N) is 2. The molecular formula is C13H19N3OS. The number of fused-ring (bicyclic) bond motifs is 1. The lowest BCUT2D eigenvalue weighted by atomic mass is 9.94. The number of rotatable bonds is 4. The van der Waals surface area contributed by atoms with Crippen molar-refractivity contribution in [2.45, 2.75) is 17.9 Å². The van der Waals surface area contributed by atoms with Gasteiger partial charge >= 0.3 is 0 Å². The Labute approximate surface area is 112 Å². The topological polar surface area (TPSA) is 67.1 Å². The highest BCUT2D eigenvalue weighted by atomic mass is 32.2. The molecule has 0 radical (unpaired) electrons. The number of nitrogens with two attached hydrogens (primary N) is 1. The van der Waals surface area contributed by atoms with Gasteiger partial charge in [0.2, 0.25) is 5.91 Å². The third-order valence-electron chi connectivity index (χ3n) is 3.25. The van der Waals surface area contributed by atoms with Crippen LogP contribution in [0.3, 0.4) is 0 Å². The maximum Gasteiger partial charge on any atom is 0.234 e. The molecule has 98 valence electrons. The van der Waals surface area contributed by atoms with Crippen molar-refractivity contribution in [3.8, 4) is 0 Å². The van der Waals surface area contributed by atoms with Crippen LogP contribution in [0.15, 0.2) is 23.1 Å². The highest BCUT2D eigenvalue weighted by Gasteiger charge is 2.20. The van der Waals surface area contributed by atoms with Gasteiger partial charge in [-0.3, -0.25) is 4.79 Å². The van der Waals surface area contributed by atoms with E-state index in [-0.39, 0.29) is 11.9 Å². The number of carbonyl (C=O) groups is 1. The first kappa shape index (κ1) is 13.4. The fourth-order valence-corrected chi connectivity index (χ4v) is 3.00. The molecule has 18 heavy (non-hydrogen) atoms. The third-order valence-corrected chi connectivity index (χ3v) is 4.32. The summed E-state index contributed by atoms with van der Waals surface area (Å²) in [6.45, 7) is 2.75. The van der Waals surface area contributed by atoms with Crippen molar-refractivity contribution in [1.82, 2.24) is 5.32 Å². The summed E-state index contributed by atoms with van der Waals surface area (Å²) in [5.74, 6) is 0.915. The summed E-state index contributed by atoms with van der Waals surface area (Å²) >= 11 is 1.58. The minimum Gasteiger partial charge on any atom is -0.330 e. The van der Waals surface area contributed by atoms with Gasteiger partial charge in [-0.25, -0.2) is 0 Å². The summed E-state index contributed by atoms with van der Waals surface area (Å²) < 4.78 is 0. The molecule has 4 N–H and O–H groups in total. The van der Waals surface area contributed by atoms with E-state index in [0.29, 0.717) is 18.2 Å². The summed E-state index contributed by atoms with van der Waals surface area (Å²) in [6, 6.07) is 6.44. The Morgan fingerprint density at radius 2 is 2.33 bits per heavy atom. The van der Waals surface area contributed by atoms with Crippen LogP contribution in [0.25, 0.3) is 0 Å².